The first-order chi connectivity index (χ1) is 9.84. The molecule has 6 nitrogen and oxygen atoms in total. The van der Waals surface area contributed by atoms with Gasteiger partial charge in [-0.15, -0.1) is 11.3 Å². The molecule has 1 aromatic carbocycles. The van der Waals surface area contributed by atoms with Crippen molar-refractivity contribution in [3.8, 4) is 0 Å². The van der Waals surface area contributed by atoms with Crippen LogP contribution in [0.3, 0.4) is 0 Å². The summed E-state index contributed by atoms with van der Waals surface area (Å²) in [5, 5.41) is 10.2. The number of sulfonamides is 1. The summed E-state index contributed by atoms with van der Waals surface area (Å²) in [6.45, 7) is 0. The fourth-order valence-electron chi connectivity index (χ4n) is 1.56. The Hall–Kier alpha value is -2.00. The number of aromatic nitrogens is 1. The van der Waals surface area contributed by atoms with Gasteiger partial charge in [-0.25, -0.2) is 17.8 Å². The fourth-order valence-corrected chi connectivity index (χ4v) is 3.70. The van der Waals surface area contributed by atoms with Crippen molar-refractivity contribution in [2.75, 3.05) is 4.72 Å². The number of rotatable bonds is 6. The maximum absolute atomic E-state index is 12.8. The predicted molar refractivity (Wildman–Crippen MR) is 76.1 cm³/mol. The van der Waals surface area contributed by atoms with Crippen LogP contribution >= 0.6 is 11.3 Å². The van der Waals surface area contributed by atoms with Crippen LogP contribution in [0.25, 0.3) is 0 Å². The van der Waals surface area contributed by atoms with Gasteiger partial charge in [0, 0.05) is 5.38 Å². The number of halogens is 1. The van der Waals surface area contributed by atoms with Gasteiger partial charge >= 0.3 is 5.97 Å². The van der Waals surface area contributed by atoms with Gasteiger partial charge < -0.3 is 5.11 Å². The second kappa shape index (κ2) is 6.19. The molecule has 0 bridgehead atoms. The highest BCUT2D eigenvalue weighted by Gasteiger charge is 2.15. The highest BCUT2D eigenvalue weighted by atomic mass is 32.2. The van der Waals surface area contributed by atoms with Gasteiger partial charge in [-0.1, -0.05) is 12.1 Å². The molecule has 0 aliphatic carbocycles. The normalized spacial score (nSPS) is 11.3. The lowest BCUT2D eigenvalue weighted by Gasteiger charge is -2.05. The summed E-state index contributed by atoms with van der Waals surface area (Å²) in [6.07, 6.45) is -0.268. The summed E-state index contributed by atoms with van der Waals surface area (Å²) in [6, 6.07) is 5.12. The molecule has 0 atom stereocenters. The second-order valence-corrected chi connectivity index (χ2v) is 6.78. The molecule has 9 heteroatoms. The zero-order valence-electron chi connectivity index (χ0n) is 10.6. The van der Waals surface area contributed by atoms with Crippen molar-refractivity contribution in [2.45, 2.75) is 12.2 Å². The molecule has 0 spiro atoms. The molecule has 0 aliphatic rings. The standard InChI is InChI=1S/C12H11FN2O4S2/c13-9-3-1-8(2-4-9)7-21(18,19)15-12-14-10(6-20-12)5-11(16)17/h1-4,6H,5,7H2,(H,14,15)(H,16,17). The van der Waals surface area contributed by atoms with Gasteiger partial charge in [-0.2, -0.15) is 0 Å². The third-order valence-electron chi connectivity index (χ3n) is 2.40. The highest BCUT2D eigenvalue weighted by molar-refractivity contribution is 7.92. The molecular formula is C12H11FN2O4S2. The summed E-state index contributed by atoms with van der Waals surface area (Å²) < 4.78 is 38.9. The minimum atomic E-state index is -3.69. The van der Waals surface area contributed by atoms with E-state index < -0.39 is 21.8 Å². The molecule has 2 rings (SSSR count). The number of hydrogen-bond donors (Lipinski definition) is 2. The number of carbonyl (C=O) groups is 1. The lowest BCUT2D eigenvalue weighted by atomic mass is 10.2. The van der Waals surface area contributed by atoms with Gasteiger partial charge in [0.15, 0.2) is 5.13 Å². The molecule has 21 heavy (non-hydrogen) atoms. The molecule has 0 amide bonds. The number of aliphatic carboxylic acids is 1. The molecule has 0 saturated heterocycles. The van der Waals surface area contributed by atoms with Crippen molar-refractivity contribution in [3.63, 3.8) is 0 Å². The van der Waals surface area contributed by atoms with E-state index in [4.69, 9.17) is 5.11 Å². The van der Waals surface area contributed by atoms with Gasteiger partial charge in [0.25, 0.3) is 0 Å². The number of hydrogen-bond acceptors (Lipinski definition) is 5. The second-order valence-electron chi connectivity index (χ2n) is 4.20. The Balaban J connectivity index is 2.05. The lowest BCUT2D eigenvalue weighted by Crippen LogP contribution is -2.15. The summed E-state index contributed by atoms with van der Waals surface area (Å²) in [5.74, 6) is -1.80. The van der Waals surface area contributed by atoms with Crippen molar-refractivity contribution in [1.29, 1.82) is 0 Å². The van der Waals surface area contributed by atoms with E-state index in [1.54, 1.807) is 0 Å². The van der Waals surface area contributed by atoms with E-state index in [1.807, 2.05) is 0 Å². The molecule has 1 aromatic heterocycles. The largest absolute Gasteiger partial charge is 0.481 e. The quantitative estimate of drug-likeness (QED) is 0.842. The Morgan fingerprint density at radius 2 is 2.00 bits per heavy atom. The molecular weight excluding hydrogens is 319 g/mol. The van der Waals surface area contributed by atoms with E-state index in [-0.39, 0.29) is 23.0 Å². The van der Waals surface area contributed by atoms with Crippen LogP contribution in [0.2, 0.25) is 0 Å². The van der Waals surface area contributed by atoms with Crippen LogP contribution in [0.4, 0.5) is 9.52 Å². The van der Waals surface area contributed by atoms with Crippen molar-refractivity contribution in [2.24, 2.45) is 0 Å². The Kier molecular flexibility index (Phi) is 4.53. The number of nitrogens with one attached hydrogen (secondary N) is 1. The smallest absolute Gasteiger partial charge is 0.309 e. The van der Waals surface area contributed by atoms with Gasteiger partial charge in [-0.3, -0.25) is 9.52 Å². The van der Waals surface area contributed by atoms with E-state index >= 15 is 0 Å². The molecule has 0 unspecified atom stereocenters. The van der Waals surface area contributed by atoms with Crippen molar-refractivity contribution in [3.05, 3.63) is 46.7 Å². The Bertz CT molecular complexity index is 741. The number of thiazole rings is 1. The number of carboxylic acid groups (broad SMARTS) is 1. The van der Waals surface area contributed by atoms with Crippen LogP contribution in [0.1, 0.15) is 11.3 Å². The number of anilines is 1. The number of benzene rings is 1. The molecule has 2 aromatic rings. The monoisotopic (exact) mass is 330 g/mol. The molecule has 0 radical (unpaired) electrons. The molecule has 0 aliphatic heterocycles. The van der Waals surface area contributed by atoms with E-state index in [2.05, 4.69) is 9.71 Å². The van der Waals surface area contributed by atoms with Crippen LogP contribution in [0.15, 0.2) is 29.6 Å². The first kappa shape index (κ1) is 15.4. The van der Waals surface area contributed by atoms with Crippen LogP contribution in [0.5, 0.6) is 0 Å². The average Bonchev–Trinajstić information content (AvgIpc) is 2.77. The van der Waals surface area contributed by atoms with Gasteiger partial charge in [0.05, 0.1) is 17.9 Å². The van der Waals surface area contributed by atoms with E-state index in [0.29, 0.717) is 5.56 Å². The highest BCUT2D eigenvalue weighted by Crippen LogP contribution is 2.18. The molecule has 0 fully saturated rings. The zero-order valence-corrected chi connectivity index (χ0v) is 12.2. The number of carboxylic acids is 1. The summed E-state index contributed by atoms with van der Waals surface area (Å²) in [4.78, 5) is 14.4. The van der Waals surface area contributed by atoms with Gasteiger partial charge in [0.1, 0.15) is 5.82 Å². The zero-order chi connectivity index (χ0) is 15.5. The Labute approximate surface area is 124 Å². The fraction of sp³-hybridized carbons (Fsp3) is 0.167. The van der Waals surface area contributed by atoms with E-state index in [0.717, 1.165) is 11.3 Å². The summed E-state index contributed by atoms with van der Waals surface area (Å²) in [7, 11) is -3.69. The van der Waals surface area contributed by atoms with Crippen LogP contribution in [-0.4, -0.2) is 24.5 Å². The van der Waals surface area contributed by atoms with Gasteiger partial charge in [0.2, 0.25) is 10.0 Å². The van der Waals surface area contributed by atoms with Crippen molar-refractivity contribution < 1.29 is 22.7 Å². The van der Waals surface area contributed by atoms with Crippen molar-refractivity contribution in [1.82, 2.24) is 4.98 Å². The molecule has 0 saturated carbocycles. The minimum absolute atomic E-state index is 0.105. The van der Waals surface area contributed by atoms with E-state index in [9.17, 15) is 17.6 Å². The van der Waals surface area contributed by atoms with E-state index in [1.165, 1.54) is 29.6 Å². The topological polar surface area (TPSA) is 96.4 Å². The maximum Gasteiger partial charge on any atom is 0.309 e. The number of nitrogens with zero attached hydrogens (tertiary/aromatic N) is 1. The molecule has 112 valence electrons. The average molecular weight is 330 g/mol. The summed E-state index contributed by atoms with van der Waals surface area (Å²) in [5.41, 5.74) is 0.721. The minimum Gasteiger partial charge on any atom is -0.481 e. The third kappa shape index (κ3) is 4.80. The van der Waals surface area contributed by atoms with Gasteiger partial charge in [-0.05, 0) is 17.7 Å². The summed E-state index contributed by atoms with van der Waals surface area (Å²) >= 11 is 1.01. The molecule has 2 N–H and O–H groups in total. The Morgan fingerprint density at radius 3 is 2.62 bits per heavy atom. The SMILES string of the molecule is O=C(O)Cc1csc(NS(=O)(=O)Cc2ccc(F)cc2)n1. The maximum atomic E-state index is 12.8. The predicted octanol–water partition coefficient (Wildman–Crippen LogP) is 1.85. The first-order valence-electron chi connectivity index (χ1n) is 5.75. The lowest BCUT2D eigenvalue weighted by molar-refractivity contribution is -0.136. The van der Waals surface area contributed by atoms with Crippen molar-refractivity contribution >= 4 is 32.5 Å². The first-order valence-corrected chi connectivity index (χ1v) is 8.28. The van der Waals surface area contributed by atoms with Crippen LogP contribution in [0, 0.1) is 5.82 Å². The Morgan fingerprint density at radius 1 is 1.33 bits per heavy atom. The van der Waals surface area contributed by atoms with Crippen LogP contribution < -0.4 is 4.72 Å². The third-order valence-corrected chi connectivity index (χ3v) is 4.55. The molecule has 1 heterocycles. The van der Waals surface area contributed by atoms with Crippen LogP contribution in [-0.2, 0) is 27.0 Å².